The minimum atomic E-state index is 0.562. The van der Waals surface area contributed by atoms with E-state index in [1.807, 2.05) is 18.2 Å². The fourth-order valence-electron chi connectivity index (χ4n) is 1.00. The van der Waals surface area contributed by atoms with Gasteiger partial charge >= 0.3 is 0 Å². The fourth-order valence-corrected chi connectivity index (χ4v) is 1.54. The van der Waals surface area contributed by atoms with Crippen molar-refractivity contribution in [2.45, 2.75) is 19.9 Å². The van der Waals surface area contributed by atoms with Crippen LogP contribution >= 0.6 is 15.9 Å². The molecule has 72 valence electrons. The molecular weight excluding hydrogens is 230 g/mol. The number of hydrogen-bond donors (Lipinski definition) is 1. The Bertz CT molecular complexity index is 276. The predicted octanol–water partition coefficient (Wildman–Crippen LogP) is 2.70. The molecule has 0 heterocycles. The van der Waals surface area contributed by atoms with Crippen LogP contribution in [0.3, 0.4) is 0 Å². The number of hydrogen-bond acceptors (Lipinski definition) is 2. The normalized spacial score (nSPS) is 10.1. The van der Waals surface area contributed by atoms with Gasteiger partial charge < -0.3 is 10.5 Å². The average molecular weight is 244 g/mol. The largest absolute Gasteiger partial charge is 0.492 e. The molecule has 0 spiro atoms. The molecule has 0 aromatic heterocycles. The third kappa shape index (κ3) is 3.01. The maximum atomic E-state index is 5.51. The van der Waals surface area contributed by atoms with E-state index in [0.717, 1.165) is 28.8 Å². The van der Waals surface area contributed by atoms with Crippen LogP contribution in [0, 0.1) is 0 Å². The Kier molecular flexibility index (Phi) is 4.25. The van der Waals surface area contributed by atoms with Gasteiger partial charge in [-0.1, -0.05) is 13.0 Å². The number of halogens is 1. The van der Waals surface area contributed by atoms with E-state index in [9.17, 15) is 0 Å². The van der Waals surface area contributed by atoms with E-state index in [-0.39, 0.29) is 0 Å². The van der Waals surface area contributed by atoms with Crippen LogP contribution in [0.4, 0.5) is 0 Å². The summed E-state index contributed by atoms with van der Waals surface area (Å²) in [4.78, 5) is 0. The summed E-state index contributed by atoms with van der Waals surface area (Å²) in [5.74, 6) is 0.888. The average Bonchev–Trinajstić information content (AvgIpc) is 2.16. The molecule has 0 radical (unpaired) electrons. The minimum Gasteiger partial charge on any atom is -0.492 e. The first-order valence-corrected chi connectivity index (χ1v) is 5.18. The van der Waals surface area contributed by atoms with Crippen molar-refractivity contribution < 1.29 is 4.74 Å². The summed E-state index contributed by atoms with van der Waals surface area (Å²) in [5, 5.41) is 0. The topological polar surface area (TPSA) is 35.2 Å². The van der Waals surface area contributed by atoms with Crippen molar-refractivity contribution in [2.75, 3.05) is 6.61 Å². The highest BCUT2D eigenvalue weighted by atomic mass is 79.9. The van der Waals surface area contributed by atoms with Gasteiger partial charge in [-0.3, -0.25) is 0 Å². The van der Waals surface area contributed by atoms with Crippen molar-refractivity contribution >= 4 is 15.9 Å². The predicted molar refractivity (Wildman–Crippen MR) is 57.8 cm³/mol. The summed E-state index contributed by atoms with van der Waals surface area (Å²) in [5.41, 5.74) is 6.61. The second-order valence-corrected chi connectivity index (χ2v) is 3.67. The zero-order valence-corrected chi connectivity index (χ0v) is 9.30. The molecule has 0 saturated heterocycles. The number of benzene rings is 1. The Morgan fingerprint density at radius 2 is 2.23 bits per heavy atom. The van der Waals surface area contributed by atoms with E-state index < -0.39 is 0 Å². The molecule has 0 aliphatic carbocycles. The quantitative estimate of drug-likeness (QED) is 0.883. The van der Waals surface area contributed by atoms with Crippen molar-refractivity contribution in [1.82, 2.24) is 0 Å². The van der Waals surface area contributed by atoms with Crippen LogP contribution in [-0.4, -0.2) is 6.61 Å². The highest BCUT2D eigenvalue weighted by Gasteiger charge is 2.00. The fraction of sp³-hybridized carbons (Fsp3) is 0.400. The molecule has 2 nitrogen and oxygen atoms in total. The van der Waals surface area contributed by atoms with Crippen LogP contribution in [-0.2, 0) is 6.54 Å². The second kappa shape index (κ2) is 5.25. The summed E-state index contributed by atoms with van der Waals surface area (Å²) in [6.45, 7) is 3.40. The lowest BCUT2D eigenvalue weighted by Gasteiger charge is -2.07. The molecule has 0 fully saturated rings. The molecular formula is C10H14BrNO. The molecule has 0 aliphatic rings. The Hall–Kier alpha value is -0.540. The van der Waals surface area contributed by atoms with Gasteiger partial charge in [0, 0.05) is 6.54 Å². The van der Waals surface area contributed by atoms with E-state index in [2.05, 4.69) is 22.9 Å². The Morgan fingerprint density at radius 3 is 2.77 bits per heavy atom. The van der Waals surface area contributed by atoms with Crippen LogP contribution in [0.15, 0.2) is 22.7 Å². The van der Waals surface area contributed by atoms with Gasteiger partial charge in [0.15, 0.2) is 0 Å². The lowest BCUT2D eigenvalue weighted by Crippen LogP contribution is -1.99. The molecule has 1 rings (SSSR count). The monoisotopic (exact) mass is 243 g/mol. The highest BCUT2D eigenvalue weighted by molar-refractivity contribution is 9.10. The van der Waals surface area contributed by atoms with E-state index in [1.54, 1.807) is 0 Å². The molecule has 0 aliphatic heterocycles. The van der Waals surface area contributed by atoms with Gasteiger partial charge in [0.1, 0.15) is 5.75 Å². The van der Waals surface area contributed by atoms with Crippen molar-refractivity contribution in [3.63, 3.8) is 0 Å². The maximum Gasteiger partial charge on any atom is 0.133 e. The first-order valence-electron chi connectivity index (χ1n) is 4.39. The molecule has 2 N–H and O–H groups in total. The summed E-state index contributed by atoms with van der Waals surface area (Å²) in [7, 11) is 0. The number of nitrogens with two attached hydrogens (primary N) is 1. The lowest BCUT2D eigenvalue weighted by molar-refractivity contribution is 0.315. The smallest absolute Gasteiger partial charge is 0.133 e. The standard InChI is InChI=1S/C10H14BrNO/c1-2-5-13-10-4-3-8(7-12)6-9(10)11/h3-4,6H,2,5,7,12H2,1H3. The molecule has 1 aromatic carbocycles. The van der Waals surface area contributed by atoms with Gasteiger partial charge in [-0.15, -0.1) is 0 Å². The maximum absolute atomic E-state index is 5.51. The summed E-state index contributed by atoms with van der Waals surface area (Å²) in [6.07, 6.45) is 1.02. The summed E-state index contributed by atoms with van der Waals surface area (Å²) < 4.78 is 6.47. The van der Waals surface area contributed by atoms with Crippen LogP contribution < -0.4 is 10.5 Å². The third-order valence-electron chi connectivity index (χ3n) is 1.69. The van der Waals surface area contributed by atoms with E-state index in [4.69, 9.17) is 10.5 Å². The first-order chi connectivity index (χ1) is 6.27. The molecule has 0 amide bonds. The molecule has 13 heavy (non-hydrogen) atoms. The number of rotatable bonds is 4. The van der Waals surface area contributed by atoms with Gasteiger partial charge in [-0.25, -0.2) is 0 Å². The van der Waals surface area contributed by atoms with Gasteiger partial charge in [0.05, 0.1) is 11.1 Å². The third-order valence-corrected chi connectivity index (χ3v) is 2.31. The van der Waals surface area contributed by atoms with Crippen molar-refractivity contribution in [3.8, 4) is 5.75 Å². The van der Waals surface area contributed by atoms with Gasteiger partial charge in [0.2, 0.25) is 0 Å². The zero-order chi connectivity index (χ0) is 9.68. The molecule has 1 aromatic rings. The minimum absolute atomic E-state index is 0.562. The molecule has 0 saturated carbocycles. The summed E-state index contributed by atoms with van der Waals surface area (Å²) >= 11 is 3.44. The van der Waals surface area contributed by atoms with Crippen LogP contribution in [0.25, 0.3) is 0 Å². The van der Waals surface area contributed by atoms with E-state index in [1.165, 1.54) is 0 Å². The van der Waals surface area contributed by atoms with Crippen LogP contribution in [0.1, 0.15) is 18.9 Å². The lowest BCUT2D eigenvalue weighted by atomic mass is 10.2. The SMILES string of the molecule is CCCOc1ccc(CN)cc1Br. The Morgan fingerprint density at radius 1 is 1.46 bits per heavy atom. The van der Waals surface area contributed by atoms with Gasteiger partial charge in [-0.05, 0) is 40.0 Å². The van der Waals surface area contributed by atoms with Crippen LogP contribution in [0.2, 0.25) is 0 Å². The van der Waals surface area contributed by atoms with E-state index in [0.29, 0.717) is 6.54 Å². The van der Waals surface area contributed by atoms with Crippen LogP contribution in [0.5, 0.6) is 5.75 Å². The Labute approximate surface area is 87.2 Å². The van der Waals surface area contributed by atoms with Crippen molar-refractivity contribution in [3.05, 3.63) is 28.2 Å². The van der Waals surface area contributed by atoms with Gasteiger partial charge in [-0.2, -0.15) is 0 Å². The summed E-state index contributed by atoms with van der Waals surface area (Å²) in [6, 6.07) is 5.92. The molecule has 3 heteroatoms. The molecule has 0 unspecified atom stereocenters. The van der Waals surface area contributed by atoms with Crippen molar-refractivity contribution in [2.24, 2.45) is 5.73 Å². The highest BCUT2D eigenvalue weighted by Crippen LogP contribution is 2.25. The molecule has 0 atom stereocenters. The Balaban J connectivity index is 2.73. The van der Waals surface area contributed by atoms with Crippen molar-refractivity contribution in [1.29, 1.82) is 0 Å². The van der Waals surface area contributed by atoms with E-state index >= 15 is 0 Å². The number of ether oxygens (including phenoxy) is 1. The second-order valence-electron chi connectivity index (χ2n) is 2.82. The van der Waals surface area contributed by atoms with Gasteiger partial charge in [0.25, 0.3) is 0 Å². The zero-order valence-electron chi connectivity index (χ0n) is 7.72. The molecule has 0 bridgehead atoms. The first kappa shape index (κ1) is 10.5.